The fraction of sp³-hybridized carbons (Fsp3) is 0.875. The molecule has 5 nitrogen and oxygen atoms in total. The normalized spacial score (nSPS) is 12.2. The average molecular weight is 188 g/mol. The molecule has 0 fully saturated rings. The third-order valence-electron chi connectivity index (χ3n) is 1.72. The van der Waals surface area contributed by atoms with E-state index < -0.39 is 0 Å². The zero-order chi connectivity index (χ0) is 10.1. The molecule has 0 aromatic rings. The van der Waals surface area contributed by atoms with Gasteiger partial charge in [-0.2, -0.15) is 0 Å². The second-order valence-electron chi connectivity index (χ2n) is 2.83. The average Bonchev–Trinajstić information content (AvgIpc) is 2.14. The van der Waals surface area contributed by atoms with Crippen LogP contribution in [0, 0.1) is 0 Å². The van der Waals surface area contributed by atoms with E-state index in [-0.39, 0.29) is 0 Å². The van der Waals surface area contributed by atoms with Crippen LogP contribution in [0.25, 0.3) is 0 Å². The number of rotatable bonds is 6. The van der Waals surface area contributed by atoms with Crippen molar-refractivity contribution in [2.75, 3.05) is 47.4 Å². The Morgan fingerprint density at radius 1 is 1.54 bits per heavy atom. The fourth-order valence-electron chi connectivity index (χ4n) is 0.813. The number of methoxy groups -OCH3 is 1. The number of guanidine groups is 1. The molecular weight excluding hydrogens is 168 g/mol. The number of likely N-dealkylation sites (N-methyl/N-ethyl adjacent to an activating group) is 1. The second kappa shape index (κ2) is 7.82. The van der Waals surface area contributed by atoms with Crippen molar-refractivity contribution in [1.82, 2.24) is 10.2 Å². The van der Waals surface area contributed by atoms with Crippen LogP contribution >= 0.6 is 0 Å². The third kappa shape index (κ3) is 7.55. The van der Waals surface area contributed by atoms with E-state index in [4.69, 9.17) is 10.5 Å². The molecular formula is C8H20N4O. The van der Waals surface area contributed by atoms with Crippen LogP contribution in [0.4, 0.5) is 0 Å². The molecule has 78 valence electrons. The number of aliphatic imine (C=N–C) groups is 1. The minimum atomic E-state index is 0.486. The number of nitrogens with two attached hydrogens (primary N) is 1. The lowest BCUT2D eigenvalue weighted by atomic mass is 10.5. The lowest BCUT2D eigenvalue weighted by Crippen LogP contribution is -2.38. The Morgan fingerprint density at radius 2 is 2.23 bits per heavy atom. The SMILES string of the molecule is CN=C(N)NCCN(C)CCOC. The summed E-state index contributed by atoms with van der Waals surface area (Å²) in [5.74, 6) is 0.486. The van der Waals surface area contributed by atoms with Crippen LogP contribution < -0.4 is 11.1 Å². The van der Waals surface area contributed by atoms with Gasteiger partial charge in [-0.1, -0.05) is 0 Å². The monoisotopic (exact) mass is 188 g/mol. The van der Waals surface area contributed by atoms with Gasteiger partial charge in [-0.15, -0.1) is 0 Å². The maximum absolute atomic E-state index is 5.45. The largest absolute Gasteiger partial charge is 0.383 e. The zero-order valence-electron chi connectivity index (χ0n) is 8.71. The van der Waals surface area contributed by atoms with Gasteiger partial charge in [0.15, 0.2) is 5.96 Å². The lowest BCUT2D eigenvalue weighted by Gasteiger charge is -2.16. The van der Waals surface area contributed by atoms with Gasteiger partial charge in [0.1, 0.15) is 0 Å². The smallest absolute Gasteiger partial charge is 0.188 e. The minimum Gasteiger partial charge on any atom is -0.383 e. The number of hydrogen-bond donors (Lipinski definition) is 2. The van der Waals surface area contributed by atoms with Gasteiger partial charge in [0.2, 0.25) is 0 Å². The van der Waals surface area contributed by atoms with Crippen molar-refractivity contribution < 1.29 is 4.74 Å². The molecule has 0 aliphatic carbocycles. The maximum Gasteiger partial charge on any atom is 0.188 e. The zero-order valence-corrected chi connectivity index (χ0v) is 8.71. The first-order chi connectivity index (χ1) is 6.20. The standard InChI is InChI=1S/C8H20N4O/c1-10-8(9)11-4-5-12(2)6-7-13-3/h4-7H2,1-3H3,(H3,9,10,11). The summed E-state index contributed by atoms with van der Waals surface area (Å²) in [6.45, 7) is 3.43. The molecule has 0 saturated heterocycles. The highest BCUT2D eigenvalue weighted by Gasteiger charge is 1.96. The van der Waals surface area contributed by atoms with E-state index in [9.17, 15) is 0 Å². The number of hydrogen-bond acceptors (Lipinski definition) is 3. The predicted octanol–water partition coefficient (Wildman–Crippen LogP) is -0.901. The molecule has 0 aliphatic heterocycles. The van der Waals surface area contributed by atoms with Crippen molar-refractivity contribution in [1.29, 1.82) is 0 Å². The molecule has 0 aliphatic rings. The molecule has 0 rings (SSSR count). The first-order valence-corrected chi connectivity index (χ1v) is 4.34. The van der Waals surface area contributed by atoms with Crippen LogP contribution in [0.15, 0.2) is 4.99 Å². The van der Waals surface area contributed by atoms with E-state index in [0.717, 1.165) is 26.2 Å². The van der Waals surface area contributed by atoms with Crippen molar-refractivity contribution >= 4 is 5.96 Å². The van der Waals surface area contributed by atoms with Gasteiger partial charge < -0.3 is 20.7 Å². The van der Waals surface area contributed by atoms with Crippen molar-refractivity contribution in [3.8, 4) is 0 Å². The van der Waals surface area contributed by atoms with Gasteiger partial charge in [0.25, 0.3) is 0 Å². The fourth-order valence-corrected chi connectivity index (χ4v) is 0.813. The van der Waals surface area contributed by atoms with Gasteiger partial charge in [0, 0.05) is 33.8 Å². The van der Waals surface area contributed by atoms with Gasteiger partial charge in [-0.25, -0.2) is 0 Å². The topological polar surface area (TPSA) is 62.9 Å². The van der Waals surface area contributed by atoms with E-state index in [1.807, 2.05) is 7.05 Å². The molecule has 0 radical (unpaired) electrons. The summed E-state index contributed by atoms with van der Waals surface area (Å²) in [6.07, 6.45) is 0. The Bertz CT molecular complexity index is 149. The highest BCUT2D eigenvalue weighted by Crippen LogP contribution is 1.80. The van der Waals surface area contributed by atoms with Gasteiger partial charge in [-0.3, -0.25) is 4.99 Å². The Balaban J connectivity index is 3.31. The molecule has 0 bridgehead atoms. The highest BCUT2D eigenvalue weighted by molar-refractivity contribution is 5.77. The molecule has 0 spiro atoms. The Kier molecular flexibility index (Phi) is 7.33. The summed E-state index contributed by atoms with van der Waals surface area (Å²) in [7, 11) is 5.41. The molecule has 0 heterocycles. The Labute approximate surface area is 80.0 Å². The molecule has 0 amide bonds. The minimum absolute atomic E-state index is 0.486. The van der Waals surface area contributed by atoms with Crippen LogP contribution in [-0.2, 0) is 4.74 Å². The number of ether oxygens (including phenoxy) is 1. The highest BCUT2D eigenvalue weighted by atomic mass is 16.5. The van der Waals surface area contributed by atoms with E-state index in [1.165, 1.54) is 0 Å². The van der Waals surface area contributed by atoms with Crippen LogP contribution in [0.2, 0.25) is 0 Å². The van der Waals surface area contributed by atoms with Crippen LogP contribution in [0.1, 0.15) is 0 Å². The summed E-state index contributed by atoms with van der Waals surface area (Å²) < 4.78 is 4.95. The van der Waals surface area contributed by atoms with Crippen LogP contribution in [0.3, 0.4) is 0 Å². The van der Waals surface area contributed by atoms with Crippen molar-refractivity contribution in [3.63, 3.8) is 0 Å². The third-order valence-corrected chi connectivity index (χ3v) is 1.72. The first kappa shape index (κ1) is 12.2. The predicted molar refractivity (Wildman–Crippen MR) is 54.9 cm³/mol. The number of nitrogens with one attached hydrogen (secondary N) is 1. The molecule has 0 unspecified atom stereocenters. The van der Waals surface area contributed by atoms with Gasteiger partial charge in [0.05, 0.1) is 6.61 Å². The quantitative estimate of drug-likeness (QED) is 0.419. The molecule has 3 N–H and O–H groups in total. The first-order valence-electron chi connectivity index (χ1n) is 4.34. The van der Waals surface area contributed by atoms with E-state index in [0.29, 0.717) is 5.96 Å². The Morgan fingerprint density at radius 3 is 2.77 bits per heavy atom. The molecule has 0 saturated carbocycles. The van der Waals surface area contributed by atoms with Crippen LogP contribution in [-0.4, -0.2) is 58.3 Å². The van der Waals surface area contributed by atoms with E-state index in [1.54, 1.807) is 14.2 Å². The van der Waals surface area contributed by atoms with Gasteiger partial charge in [-0.05, 0) is 7.05 Å². The van der Waals surface area contributed by atoms with E-state index in [2.05, 4.69) is 15.2 Å². The van der Waals surface area contributed by atoms with E-state index >= 15 is 0 Å². The summed E-state index contributed by atoms with van der Waals surface area (Å²) in [6, 6.07) is 0. The Hall–Kier alpha value is -0.810. The second-order valence-corrected chi connectivity index (χ2v) is 2.83. The van der Waals surface area contributed by atoms with Crippen molar-refractivity contribution in [2.24, 2.45) is 10.7 Å². The molecule has 0 aromatic heterocycles. The van der Waals surface area contributed by atoms with Crippen molar-refractivity contribution in [3.05, 3.63) is 0 Å². The van der Waals surface area contributed by atoms with Crippen molar-refractivity contribution in [2.45, 2.75) is 0 Å². The summed E-state index contributed by atoms with van der Waals surface area (Å²) in [5.41, 5.74) is 5.45. The molecule has 5 heteroatoms. The summed E-state index contributed by atoms with van der Waals surface area (Å²) in [5, 5.41) is 2.98. The molecule has 0 aromatic carbocycles. The van der Waals surface area contributed by atoms with Gasteiger partial charge >= 0.3 is 0 Å². The lowest BCUT2D eigenvalue weighted by molar-refractivity contribution is 0.162. The summed E-state index contributed by atoms with van der Waals surface area (Å²) >= 11 is 0. The number of nitrogens with zero attached hydrogens (tertiary/aromatic N) is 2. The summed E-state index contributed by atoms with van der Waals surface area (Å²) in [4.78, 5) is 5.95. The van der Waals surface area contributed by atoms with Crippen LogP contribution in [0.5, 0.6) is 0 Å². The molecule has 13 heavy (non-hydrogen) atoms. The maximum atomic E-state index is 5.45. The molecule has 0 atom stereocenters.